The van der Waals surface area contributed by atoms with Crippen LogP contribution in [0.5, 0.6) is 0 Å². The summed E-state index contributed by atoms with van der Waals surface area (Å²) in [4.78, 5) is 11.6. The van der Waals surface area contributed by atoms with E-state index in [1.54, 1.807) is 0 Å². The van der Waals surface area contributed by atoms with Crippen molar-refractivity contribution >= 4 is 11.8 Å². The second kappa shape index (κ2) is 5.13. The second-order valence-electron chi connectivity index (χ2n) is 6.85. The van der Waals surface area contributed by atoms with Crippen molar-refractivity contribution in [3.63, 3.8) is 0 Å². The van der Waals surface area contributed by atoms with Crippen LogP contribution in [0.25, 0.3) is 0 Å². The van der Waals surface area contributed by atoms with Crippen LogP contribution in [0.15, 0.2) is 0 Å². The SMILES string of the molecule is CNC1CN(c2nc(N)nc3c2CC[C@@H]2CCCC[C@@H]32)C1. The third-order valence-electron chi connectivity index (χ3n) is 5.65. The van der Waals surface area contributed by atoms with Crippen LogP contribution in [0, 0.1) is 5.92 Å². The summed E-state index contributed by atoms with van der Waals surface area (Å²) < 4.78 is 0. The van der Waals surface area contributed by atoms with E-state index < -0.39 is 0 Å². The molecule has 0 unspecified atom stereocenters. The van der Waals surface area contributed by atoms with Gasteiger partial charge in [-0.05, 0) is 38.6 Å². The summed E-state index contributed by atoms with van der Waals surface area (Å²) in [5.74, 6) is 3.04. The number of nitrogens with two attached hydrogens (primary N) is 1. The number of rotatable bonds is 2. The highest BCUT2D eigenvalue weighted by Gasteiger charge is 2.37. The minimum atomic E-state index is 0.461. The molecule has 2 atom stereocenters. The summed E-state index contributed by atoms with van der Waals surface area (Å²) in [7, 11) is 2.03. The molecule has 1 aromatic rings. The Morgan fingerprint density at radius 1 is 1.14 bits per heavy atom. The van der Waals surface area contributed by atoms with Gasteiger partial charge in [0, 0.05) is 30.6 Å². The fraction of sp³-hybridized carbons (Fsp3) is 0.750. The predicted octanol–water partition coefficient (Wildman–Crippen LogP) is 1.69. The van der Waals surface area contributed by atoms with Gasteiger partial charge in [0.1, 0.15) is 5.82 Å². The van der Waals surface area contributed by atoms with Crippen LogP contribution in [-0.4, -0.2) is 36.1 Å². The van der Waals surface area contributed by atoms with Gasteiger partial charge in [-0.25, -0.2) is 4.98 Å². The fourth-order valence-electron chi connectivity index (χ4n) is 4.39. The minimum absolute atomic E-state index is 0.461. The molecular weight excluding hydrogens is 262 g/mol. The first-order chi connectivity index (χ1) is 10.3. The zero-order valence-corrected chi connectivity index (χ0v) is 12.8. The first-order valence-corrected chi connectivity index (χ1v) is 8.34. The van der Waals surface area contributed by atoms with E-state index in [0.717, 1.165) is 31.2 Å². The van der Waals surface area contributed by atoms with Gasteiger partial charge in [-0.3, -0.25) is 0 Å². The fourth-order valence-corrected chi connectivity index (χ4v) is 4.39. The van der Waals surface area contributed by atoms with Crippen LogP contribution in [0.3, 0.4) is 0 Å². The van der Waals surface area contributed by atoms with E-state index in [0.29, 0.717) is 17.9 Å². The zero-order valence-electron chi connectivity index (χ0n) is 12.8. The van der Waals surface area contributed by atoms with Crippen molar-refractivity contribution < 1.29 is 0 Å². The minimum Gasteiger partial charge on any atom is -0.368 e. The van der Waals surface area contributed by atoms with Crippen LogP contribution in [0.1, 0.15) is 49.3 Å². The quantitative estimate of drug-likeness (QED) is 0.866. The Morgan fingerprint density at radius 2 is 1.95 bits per heavy atom. The number of hydrogen-bond acceptors (Lipinski definition) is 5. The molecule has 1 aliphatic heterocycles. The number of aromatic nitrogens is 2. The summed E-state index contributed by atoms with van der Waals surface area (Å²) >= 11 is 0. The van der Waals surface area contributed by atoms with Gasteiger partial charge in [0.05, 0.1) is 5.69 Å². The van der Waals surface area contributed by atoms with Gasteiger partial charge in [0.15, 0.2) is 0 Å². The highest BCUT2D eigenvalue weighted by atomic mass is 15.3. The van der Waals surface area contributed by atoms with Gasteiger partial charge in [-0.2, -0.15) is 4.98 Å². The number of nitrogen functional groups attached to an aromatic ring is 1. The number of nitrogens with zero attached hydrogens (tertiary/aromatic N) is 3. The van der Waals surface area contributed by atoms with Crippen LogP contribution in [0.2, 0.25) is 0 Å². The van der Waals surface area contributed by atoms with Crippen LogP contribution >= 0.6 is 0 Å². The van der Waals surface area contributed by atoms with Gasteiger partial charge in [-0.1, -0.05) is 12.8 Å². The maximum Gasteiger partial charge on any atom is 0.222 e. The average Bonchev–Trinajstić information content (AvgIpc) is 2.46. The number of anilines is 2. The molecule has 5 heteroatoms. The molecule has 1 aromatic heterocycles. The van der Waals surface area contributed by atoms with Gasteiger partial charge < -0.3 is 16.0 Å². The number of hydrogen-bond donors (Lipinski definition) is 2. The monoisotopic (exact) mass is 287 g/mol. The molecule has 0 radical (unpaired) electrons. The van der Waals surface area contributed by atoms with Crippen molar-refractivity contribution in [1.82, 2.24) is 15.3 Å². The summed E-state index contributed by atoms with van der Waals surface area (Å²) in [5, 5.41) is 3.32. The summed E-state index contributed by atoms with van der Waals surface area (Å²) in [5.41, 5.74) is 8.69. The molecule has 2 heterocycles. The molecule has 0 amide bonds. The average molecular weight is 287 g/mol. The lowest BCUT2D eigenvalue weighted by molar-refractivity contribution is 0.270. The molecule has 1 saturated heterocycles. The summed E-state index contributed by atoms with van der Waals surface area (Å²) in [6, 6.07) is 0.586. The van der Waals surface area contributed by atoms with Crippen LogP contribution < -0.4 is 16.0 Å². The molecule has 0 bridgehead atoms. The maximum absolute atomic E-state index is 6.02. The van der Waals surface area contributed by atoms with E-state index in [-0.39, 0.29) is 0 Å². The Morgan fingerprint density at radius 3 is 2.76 bits per heavy atom. The van der Waals surface area contributed by atoms with Crippen molar-refractivity contribution in [3.05, 3.63) is 11.3 Å². The van der Waals surface area contributed by atoms with E-state index in [9.17, 15) is 0 Å². The largest absolute Gasteiger partial charge is 0.368 e. The molecule has 4 rings (SSSR count). The van der Waals surface area contributed by atoms with Gasteiger partial charge in [0.2, 0.25) is 5.95 Å². The third-order valence-corrected chi connectivity index (χ3v) is 5.65. The molecule has 3 N–H and O–H groups in total. The molecule has 2 aliphatic carbocycles. The second-order valence-corrected chi connectivity index (χ2v) is 6.85. The first kappa shape index (κ1) is 13.3. The van der Waals surface area contributed by atoms with Crippen molar-refractivity contribution in [2.45, 2.75) is 50.5 Å². The van der Waals surface area contributed by atoms with Crippen molar-refractivity contribution in [1.29, 1.82) is 0 Å². The van der Waals surface area contributed by atoms with E-state index in [1.807, 2.05) is 7.05 Å². The summed E-state index contributed by atoms with van der Waals surface area (Å²) in [6.07, 6.45) is 7.82. The molecule has 1 saturated carbocycles. The lowest BCUT2D eigenvalue weighted by Gasteiger charge is -2.43. The Balaban J connectivity index is 1.68. The predicted molar refractivity (Wildman–Crippen MR) is 84.5 cm³/mol. The molecular formula is C16H25N5. The normalized spacial score (nSPS) is 28.7. The number of likely N-dealkylation sites (N-methyl/N-ethyl adjacent to an activating group) is 1. The lowest BCUT2D eigenvalue weighted by atomic mass is 9.70. The Kier molecular flexibility index (Phi) is 3.25. The highest BCUT2D eigenvalue weighted by Crippen LogP contribution is 2.46. The van der Waals surface area contributed by atoms with Gasteiger partial charge in [0.25, 0.3) is 0 Å². The Bertz CT molecular complexity index is 538. The molecule has 114 valence electrons. The van der Waals surface area contributed by atoms with Crippen LogP contribution in [-0.2, 0) is 6.42 Å². The standard InChI is InChI=1S/C16H25N5/c1-18-11-8-21(9-11)15-13-7-6-10-4-2-3-5-12(10)14(13)19-16(17)20-15/h10-12,18H,2-9H2,1H3,(H2,17,19,20)/t10-,12+/m0/s1. The highest BCUT2D eigenvalue weighted by molar-refractivity contribution is 5.56. The maximum atomic E-state index is 6.02. The van der Waals surface area contributed by atoms with Crippen molar-refractivity contribution in [3.8, 4) is 0 Å². The summed E-state index contributed by atoms with van der Waals surface area (Å²) in [6.45, 7) is 2.07. The van der Waals surface area contributed by atoms with Crippen molar-refractivity contribution in [2.75, 3.05) is 30.8 Å². The van der Waals surface area contributed by atoms with E-state index in [2.05, 4.69) is 20.2 Å². The van der Waals surface area contributed by atoms with E-state index in [1.165, 1.54) is 43.4 Å². The molecule has 5 nitrogen and oxygen atoms in total. The molecule has 21 heavy (non-hydrogen) atoms. The molecule has 2 fully saturated rings. The van der Waals surface area contributed by atoms with Gasteiger partial charge >= 0.3 is 0 Å². The van der Waals surface area contributed by atoms with E-state index in [4.69, 9.17) is 5.73 Å². The van der Waals surface area contributed by atoms with E-state index >= 15 is 0 Å². The number of fused-ring (bicyclic) bond motifs is 3. The lowest BCUT2D eigenvalue weighted by Crippen LogP contribution is -2.57. The Labute approximate surface area is 126 Å². The van der Waals surface area contributed by atoms with Crippen LogP contribution in [0.4, 0.5) is 11.8 Å². The number of nitrogens with one attached hydrogen (secondary N) is 1. The Hall–Kier alpha value is -1.36. The molecule has 3 aliphatic rings. The molecule has 0 aromatic carbocycles. The van der Waals surface area contributed by atoms with Gasteiger partial charge in [-0.15, -0.1) is 0 Å². The zero-order chi connectivity index (χ0) is 14.4. The first-order valence-electron chi connectivity index (χ1n) is 8.34. The topological polar surface area (TPSA) is 67.1 Å². The van der Waals surface area contributed by atoms with Crippen molar-refractivity contribution in [2.24, 2.45) is 5.92 Å². The third kappa shape index (κ3) is 2.18. The smallest absolute Gasteiger partial charge is 0.222 e. The molecule has 0 spiro atoms.